The number of anilines is 2. The number of rotatable bonds is 6. The third-order valence-corrected chi connectivity index (χ3v) is 5.09. The molecule has 0 unspecified atom stereocenters. The van der Waals surface area contributed by atoms with Crippen molar-refractivity contribution < 1.29 is 23.0 Å². The average molecular weight is 408 g/mol. The lowest BCUT2D eigenvalue weighted by Crippen LogP contribution is -2.32. The highest BCUT2D eigenvalue weighted by Crippen LogP contribution is 2.39. The van der Waals surface area contributed by atoms with E-state index in [4.69, 9.17) is 4.98 Å². The molecule has 2 aliphatic rings. The van der Waals surface area contributed by atoms with Crippen LogP contribution in [0.25, 0.3) is 0 Å². The van der Waals surface area contributed by atoms with Crippen LogP contribution in [0.2, 0.25) is 0 Å². The van der Waals surface area contributed by atoms with Crippen molar-refractivity contribution in [3.8, 4) is 5.75 Å². The van der Waals surface area contributed by atoms with Gasteiger partial charge in [-0.2, -0.15) is 0 Å². The summed E-state index contributed by atoms with van der Waals surface area (Å²) in [7, 11) is 0. The molecule has 4 rings (SSSR count). The van der Waals surface area contributed by atoms with E-state index in [1.54, 1.807) is 6.07 Å². The first-order valence-corrected chi connectivity index (χ1v) is 9.69. The second kappa shape index (κ2) is 7.70. The van der Waals surface area contributed by atoms with Crippen LogP contribution >= 0.6 is 0 Å². The van der Waals surface area contributed by atoms with Gasteiger partial charge in [0.2, 0.25) is 0 Å². The van der Waals surface area contributed by atoms with E-state index in [1.807, 2.05) is 17.9 Å². The van der Waals surface area contributed by atoms with E-state index in [1.165, 1.54) is 12.1 Å². The molecular weight excluding hydrogens is 385 g/mol. The first-order chi connectivity index (χ1) is 13.8. The number of aliphatic hydroxyl groups is 1. The third-order valence-electron chi connectivity index (χ3n) is 5.09. The number of halogens is 3. The monoisotopic (exact) mass is 408 g/mol. The summed E-state index contributed by atoms with van der Waals surface area (Å²) in [5.41, 5.74) is 1.81. The molecule has 1 aromatic carbocycles. The molecule has 156 valence electrons. The Labute approximate surface area is 166 Å². The average Bonchev–Trinajstić information content (AvgIpc) is 3.51. The van der Waals surface area contributed by atoms with Crippen molar-refractivity contribution >= 4 is 11.6 Å². The fraction of sp³-hybridized carbons (Fsp3) is 0.500. The highest BCUT2D eigenvalue weighted by atomic mass is 19.4. The maximum absolute atomic E-state index is 12.5. The van der Waals surface area contributed by atoms with Gasteiger partial charge in [-0.1, -0.05) is 6.07 Å². The van der Waals surface area contributed by atoms with E-state index in [2.05, 4.69) is 15.0 Å². The molecule has 2 heterocycles. The van der Waals surface area contributed by atoms with Gasteiger partial charge in [-0.25, -0.2) is 9.97 Å². The zero-order valence-corrected chi connectivity index (χ0v) is 16.0. The van der Waals surface area contributed by atoms with E-state index in [-0.39, 0.29) is 18.4 Å². The SMILES string of the molecule is C[C@@H](CO)Nc1cc(N2CCc3ccc(OC(F)(F)F)cc3C2)nc(C2CC2)n1. The van der Waals surface area contributed by atoms with E-state index in [0.29, 0.717) is 31.2 Å². The molecule has 0 saturated heterocycles. The molecule has 2 N–H and O–H groups in total. The van der Waals surface area contributed by atoms with Crippen LogP contribution in [-0.2, 0) is 13.0 Å². The molecule has 1 aliphatic heterocycles. The minimum Gasteiger partial charge on any atom is -0.406 e. The van der Waals surface area contributed by atoms with Gasteiger partial charge in [0, 0.05) is 31.1 Å². The summed E-state index contributed by atoms with van der Waals surface area (Å²) in [5.74, 6) is 2.30. The summed E-state index contributed by atoms with van der Waals surface area (Å²) < 4.78 is 41.7. The van der Waals surface area contributed by atoms with Crippen molar-refractivity contribution in [1.82, 2.24) is 9.97 Å². The van der Waals surface area contributed by atoms with E-state index in [0.717, 1.165) is 35.6 Å². The fourth-order valence-electron chi connectivity index (χ4n) is 3.44. The van der Waals surface area contributed by atoms with Crippen molar-refractivity contribution in [2.45, 2.75) is 51.1 Å². The number of nitrogens with one attached hydrogen (secondary N) is 1. The van der Waals surface area contributed by atoms with Crippen molar-refractivity contribution in [3.63, 3.8) is 0 Å². The Morgan fingerprint density at radius 2 is 2.03 bits per heavy atom. The number of aliphatic hydroxyl groups excluding tert-OH is 1. The van der Waals surface area contributed by atoms with Crippen LogP contribution in [0.3, 0.4) is 0 Å². The Hall–Kier alpha value is -2.55. The quantitative estimate of drug-likeness (QED) is 0.761. The van der Waals surface area contributed by atoms with Crippen molar-refractivity contribution in [2.75, 3.05) is 23.4 Å². The fourth-order valence-corrected chi connectivity index (χ4v) is 3.44. The maximum atomic E-state index is 12.5. The molecule has 1 atom stereocenters. The van der Waals surface area contributed by atoms with Crippen LogP contribution in [0.15, 0.2) is 24.3 Å². The summed E-state index contributed by atoms with van der Waals surface area (Å²) >= 11 is 0. The first kappa shape index (κ1) is 19.8. The Bertz CT molecular complexity index is 887. The molecule has 29 heavy (non-hydrogen) atoms. The molecule has 6 nitrogen and oxygen atoms in total. The Kier molecular flexibility index (Phi) is 5.24. The van der Waals surface area contributed by atoms with Gasteiger partial charge < -0.3 is 20.1 Å². The summed E-state index contributed by atoms with van der Waals surface area (Å²) in [4.78, 5) is 11.3. The molecule has 0 spiro atoms. The lowest BCUT2D eigenvalue weighted by molar-refractivity contribution is -0.274. The molecular formula is C20H23F3N4O2. The van der Waals surface area contributed by atoms with Crippen LogP contribution in [0.5, 0.6) is 5.75 Å². The minimum atomic E-state index is -4.71. The van der Waals surface area contributed by atoms with Crippen molar-refractivity contribution in [3.05, 3.63) is 41.2 Å². The number of ether oxygens (including phenoxy) is 1. The summed E-state index contributed by atoms with van der Waals surface area (Å²) in [6, 6.07) is 6.19. The van der Waals surface area contributed by atoms with Gasteiger partial charge in [0.15, 0.2) is 0 Å². The first-order valence-electron chi connectivity index (χ1n) is 9.69. The molecule has 1 aliphatic carbocycles. The zero-order valence-electron chi connectivity index (χ0n) is 16.0. The second-order valence-electron chi connectivity index (χ2n) is 7.62. The molecule has 1 saturated carbocycles. The van der Waals surface area contributed by atoms with Crippen molar-refractivity contribution in [2.24, 2.45) is 0 Å². The number of nitrogens with zero attached hydrogens (tertiary/aromatic N) is 3. The van der Waals surface area contributed by atoms with Gasteiger partial charge in [0.1, 0.15) is 23.2 Å². The Balaban J connectivity index is 1.58. The normalized spacial score (nSPS) is 17.6. The van der Waals surface area contributed by atoms with Crippen LogP contribution in [0.1, 0.15) is 42.6 Å². The van der Waals surface area contributed by atoms with Crippen LogP contribution < -0.4 is 15.0 Å². The molecule has 9 heteroatoms. The van der Waals surface area contributed by atoms with Gasteiger partial charge in [-0.05, 0) is 49.4 Å². The van der Waals surface area contributed by atoms with Crippen LogP contribution in [-0.4, -0.2) is 40.6 Å². The third kappa shape index (κ3) is 4.90. The molecule has 1 fully saturated rings. The maximum Gasteiger partial charge on any atom is 0.573 e. The van der Waals surface area contributed by atoms with Gasteiger partial charge in [-0.15, -0.1) is 13.2 Å². The van der Waals surface area contributed by atoms with E-state index >= 15 is 0 Å². The van der Waals surface area contributed by atoms with Gasteiger partial charge in [0.25, 0.3) is 0 Å². The largest absolute Gasteiger partial charge is 0.573 e. The highest BCUT2D eigenvalue weighted by Gasteiger charge is 2.32. The predicted molar refractivity (Wildman–Crippen MR) is 102 cm³/mol. The molecule has 1 aromatic heterocycles. The smallest absolute Gasteiger partial charge is 0.406 e. The molecule has 0 radical (unpaired) electrons. The number of aromatic nitrogens is 2. The lowest BCUT2D eigenvalue weighted by Gasteiger charge is -2.30. The van der Waals surface area contributed by atoms with Gasteiger partial charge in [-0.3, -0.25) is 0 Å². The van der Waals surface area contributed by atoms with Gasteiger partial charge >= 0.3 is 6.36 Å². The van der Waals surface area contributed by atoms with E-state index in [9.17, 15) is 18.3 Å². The summed E-state index contributed by atoms with van der Waals surface area (Å²) in [6.07, 6.45) is -1.89. The van der Waals surface area contributed by atoms with Crippen LogP contribution in [0.4, 0.5) is 24.8 Å². The molecule has 2 aromatic rings. The Morgan fingerprint density at radius 3 is 2.72 bits per heavy atom. The number of benzene rings is 1. The lowest BCUT2D eigenvalue weighted by atomic mass is 9.99. The molecule has 0 amide bonds. The number of hydrogen-bond donors (Lipinski definition) is 2. The Morgan fingerprint density at radius 1 is 1.24 bits per heavy atom. The zero-order chi connectivity index (χ0) is 20.6. The molecule has 0 bridgehead atoms. The van der Waals surface area contributed by atoms with E-state index < -0.39 is 6.36 Å². The topological polar surface area (TPSA) is 70.5 Å². The summed E-state index contributed by atoms with van der Waals surface area (Å²) in [5, 5.41) is 12.5. The minimum absolute atomic E-state index is 0.0167. The number of alkyl halides is 3. The number of hydrogen-bond acceptors (Lipinski definition) is 6. The predicted octanol–water partition coefficient (Wildman–Crippen LogP) is 3.61. The second-order valence-corrected chi connectivity index (χ2v) is 7.62. The number of fused-ring (bicyclic) bond motifs is 1. The van der Waals surface area contributed by atoms with Gasteiger partial charge in [0.05, 0.1) is 6.61 Å². The highest BCUT2D eigenvalue weighted by molar-refractivity contribution is 5.53. The van der Waals surface area contributed by atoms with Crippen molar-refractivity contribution in [1.29, 1.82) is 0 Å². The standard InChI is InChI=1S/C20H23F3N4O2/c1-12(11-28)24-17-9-18(26-19(25-17)14-2-3-14)27-7-6-13-4-5-16(8-15(13)10-27)29-20(21,22)23/h4-5,8-9,12,14,28H,2-3,6-7,10-11H2,1H3,(H,24,25,26)/t12-/m0/s1. The van der Waals surface area contributed by atoms with Crippen LogP contribution in [0, 0.1) is 0 Å². The summed E-state index contributed by atoms with van der Waals surface area (Å²) in [6.45, 7) is 3.00.